The van der Waals surface area contributed by atoms with Gasteiger partial charge in [0.15, 0.2) is 0 Å². The third kappa shape index (κ3) is 3.99. The van der Waals surface area contributed by atoms with Gasteiger partial charge in [0, 0.05) is 0 Å². The van der Waals surface area contributed by atoms with Crippen LogP contribution >= 0.6 is 24.8 Å². The molecule has 0 unspecified atom stereocenters. The highest BCUT2D eigenvalue weighted by molar-refractivity contribution is 5.85. The van der Waals surface area contributed by atoms with Gasteiger partial charge in [0.05, 0.1) is 11.4 Å². The Kier molecular flexibility index (Phi) is 6.94. The van der Waals surface area contributed by atoms with Crippen LogP contribution in [0, 0.1) is 0 Å². The summed E-state index contributed by atoms with van der Waals surface area (Å²) in [6.07, 6.45) is 3.99. The molecule has 0 saturated heterocycles. The normalized spacial score (nSPS) is 9.56. The molecule has 0 atom stereocenters. The van der Waals surface area contributed by atoms with E-state index in [0.29, 0.717) is 11.4 Å². The zero-order valence-electron chi connectivity index (χ0n) is 9.74. The van der Waals surface area contributed by atoms with Crippen molar-refractivity contribution in [3.05, 3.63) is 59.7 Å². The zero-order valence-corrected chi connectivity index (χ0v) is 11.4. The van der Waals surface area contributed by atoms with Crippen LogP contribution in [0.3, 0.4) is 0 Å². The molecular formula is C14H16Cl2N2. The van der Waals surface area contributed by atoms with Crippen molar-refractivity contribution in [2.24, 2.45) is 0 Å². The number of para-hydroxylation sites is 1. The molecule has 0 amide bonds. The average molecular weight is 283 g/mol. The van der Waals surface area contributed by atoms with Gasteiger partial charge < -0.3 is 11.5 Å². The van der Waals surface area contributed by atoms with Gasteiger partial charge in [-0.1, -0.05) is 54.6 Å². The summed E-state index contributed by atoms with van der Waals surface area (Å²) in [6.45, 7) is 0. The number of rotatable bonds is 2. The Morgan fingerprint density at radius 3 is 2.06 bits per heavy atom. The molecule has 18 heavy (non-hydrogen) atoms. The molecule has 0 aliphatic rings. The van der Waals surface area contributed by atoms with Crippen molar-refractivity contribution in [2.75, 3.05) is 11.5 Å². The molecule has 2 nitrogen and oxygen atoms in total. The second-order valence-electron chi connectivity index (χ2n) is 3.59. The Bertz CT molecular complexity index is 510. The fourth-order valence-corrected chi connectivity index (χ4v) is 1.50. The van der Waals surface area contributed by atoms with Crippen LogP contribution in [0.2, 0.25) is 0 Å². The second-order valence-corrected chi connectivity index (χ2v) is 3.59. The van der Waals surface area contributed by atoms with Gasteiger partial charge in [0.1, 0.15) is 0 Å². The van der Waals surface area contributed by atoms with E-state index in [1.165, 1.54) is 0 Å². The van der Waals surface area contributed by atoms with Crippen molar-refractivity contribution in [1.82, 2.24) is 0 Å². The van der Waals surface area contributed by atoms with Gasteiger partial charge in [-0.3, -0.25) is 0 Å². The summed E-state index contributed by atoms with van der Waals surface area (Å²) >= 11 is 0. The standard InChI is InChI=1S/C14H14N2.2ClH/c15-13-8-4-7-12(14(13)16)10-9-11-5-2-1-3-6-11;;/h1-10H,15-16H2;2*1H. The maximum atomic E-state index is 5.87. The van der Waals surface area contributed by atoms with Crippen molar-refractivity contribution < 1.29 is 0 Å². The highest BCUT2D eigenvalue weighted by atomic mass is 35.5. The van der Waals surface area contributed by atoms with Crippen LogP contribution < -0.4 is 11.5 Å². The monoisotopic (exact) mass is 282 g/mol. The molecule has 0 bridgehead atoms. The molecule has 0 heterocycles. The van der Waals surface area contributed by atoms with Gasteiger partial charge in [-0.15, -0.1) is 24.8 Å². The lowest BCUT2D eigenvalue weighted by Gasteiger charge is -2.03. The minimum absolute atomic E-state index is 0. The number of nitrogen functional groups attached to an aromatic ring is 2. The fraction of sp³-hybridized carbons (Fsp3) is 0. The molecule has 2 aromatic carbocycles. The summed E-state index contributed by atoms with van der Waals surface area (Å²) in [4.78, 5) is 0. The smallest absolute Gasteiger partial charge is 0.0621 e. The number of anilines is 2. The van der Waals surface area contributed by atoms with Crippen molar-refractivity contribution in [3.8, 4) is 0 Å². The van der Waals surface area contributed by atoms with Gasteiger partial charge in [0.2, 0.25) is 0 Å². The topological polar surface area (TPSA) is 52.0 Å². The van der Waals surface area contributed by atoms with Gasteiger partial charge in [-0.2, -0.15) is 0 Å². The molecule has 2 aromatic rings. The molecule has 4 N–H and O–H groups in total. The summed E-state index contributed by atoms with van der Waals surface area (Å²) < 4.78 is 0. The first-order chi connectivity index (χ1) is 7.77. The van der Waals surface area contributed by atoms with E-state index in [4.69, 9.17) is 11.5 Å². The predicted molar refractivity (Wildman–Crippen MR) is 85.1 cm³/mol. The highest BCUT2D eigenvalue weighted by Gasteiger charge is 1.97. The first-order valence-electron chi connectivity index (χ1n) is 5.14. The fourth-order valence-electron chi connectivity index (χ4n) is 1.50. The third-order valence-corrected chi connectivity index (χ3v) is 2.43. The van der Waals surface area contributed by atoms with Crippen LogP contribution in [-0.4, -0.2) is 0 Å². The molecule has 0 aromatic heterocycles. The van der Waals surface area contributed by atoms with Crippen molar-refractivity contribution in [3.63, 3.8) is 0 Å². The minimum Gasteiger partial charge on any atom is -0.397 e. The van der Waals surface area contributed by atoms with Crippen LogP contribution in [0.5, 0.6) is 0 Å². The van der Waals surface area contributed by atoms with E-state index >= 15 is 0 Å². The lowest BCUT2D eigenvalue weighted by Crippen LogP contribution is -1.96. The minimum atomic E-state index is 0. The van der Waals surface area contributed by atoms with Crippen LogP contribution in [0.4, 0.5) is 11.4 Å². The van der Waals surface area contributed by atoms with E-state index in [0.717, 1.165) is 11.1 Å². The summed E-state index contributed by atoms with van der Waals surface area (Å²) in [7, 11) is 0. The molecule has 0 fully saturated rings. The van der Waals surface area contributed by atoms with Crippen molar-refractivity contribution in [1.29, 1.82) is 0 Å². The van der Waals surface area contributed by atoms with Crippen molar-refractivity contribution >= 4 is 48.3 Å². The molecule has 0 saturated carbocycles. The molecule has 2 rings (SSSR count). The maximum absolute atomic E-state index is 5.87. The molecule has 4 heteroatoms. The number of nitrogens with two attached hydrogens (primary N) is 2. The second kappa shape index (κ2) is 7.64. The van der Waals surface area contributed by atoms with Crippen molar-refractivity contribution in [2.45, 2.75) is 0 Å². The van der Waals surface area contributed by atoms with E-state index in [1.807, 2.05) is 54.6 Å². The first-order valence-corrected chi connectivity index (χ1v) is 5.14. The third-order valence-electron chi connectivity index (χ3n) is 2.43. The Morgan fingerprint density at radius 2 is 1.39 bits per heavy atom. The van der Waals surface area contributed by atoms with Gasteiger partial charge >= 0.3 is 0 Å². The Morgan fingerprint density at radius 1 is 0.722 bits per heavy atom. The molecule has 0 spiro atoms. The average Bonchev–Trinajstić information content (AvgIpc) is 2.32. The lowest BCUT2D eigenvalue weighted by molar-refractivity contribution is 1.62. The maximum Gasteiger partial charge on any atom is 0.0621 e. The van der Waals surface area contributed by atoms with Crippen LogP contribution in [-0.2, 0) is 0 Å². The summed E-state index contributed by atoms with van der Waals surface area (Å²) in [5.41, 5.74) is 14.9. The Balaban J connectivity index is 0.00000144. The van der Waals surface area contributed by atoms with E-state index in [2.05, 4.69) is 0 Å². The van der Waals surface area contributed by atoms with Gasteiger partial charge in [0.25, 0.3) is 0 Å². The van der Waals surface area contributed by atoms with Crippen LogP contribution in [0.15, 0.2) is 48.5 Å². The SMILES string of the molecule is Cl.Cl.Nc1cccc(C=Cc2ccccc2)c1N. The molecular weight excluding hydrogens is 267 g/mol. The Labute approximate surface area is 120 Å². The zero-order chi connectivity index (χ0) is 11.4. The molecule has 0 radical (unpaired) electrons. The number of halogens is 2. The summed E-state index contributed by atoms with van der Waals surface area (Å²) in [5, 5.41) is 0. The van der Waals surface area contributed by atoms with E-state index in [-0.39, 0.29) is 24.8 Å². The van der Waals surface area contributed by atoms with Gasteiger partial charge in [-0.25, -0.2) is 0 Å². The largest absolute Gasteiger partial charge is 0.397 e. The number of benzene rings is 2. The molecule has 0 aliphatic carbocycles. The van der Waals surface area contributed by atoms with Crippen LogP contribution in [0.1, 0.15) is 11.1 Å². The molecule has 0 aliphatic heterocycles. The van der Waals surface area contributed by atoms with Gasteiger partial charge in [-0.05, 0) is 17.2 Å². The van der Waals surface area contributed by atoms with E-state index in [1.54, 1.807) is 6.07 Å². The highest BCUT2D eigenvalue weighted by Crippen LogP contribution is 2.21. The number of hydrogen-bond donors (Lipinski definition) is 2. The van der Waals surface area contributed by atoms with Crippen LogP contribution in [0.25, 0.3) is 12.2 Å². The van der Waals surface area contributed by atoms with E-state index < -0.39 is 0 Å². The summed E-state index contributed by atoms with van der Waals surface area (Å²) in [5.74, 6) is 0. The van der Waals surface area contributed by atoms with E-state index in [9.17, 15) is 0 Å². The predicted octanol–water partition coefficient (Wildman–Crippen LogP) is 3.87. The lowest BCUT2D eigenvalue weighted by atomic mass is 10.1. The Hall–Kier alpha value is -1.64. The number of hydrogen-bond acceptors (Lipinski definition) is 2. The molecule has 96 valence electrons. The first kappa shape index (κ1) is 16.4. The summed E-state index contributed by atoms with van der Waals surface area (Å²) in [6, 6.07) is 15.7. The quantitative estimate of drug-likeness (QED) is 0.649.